The van der Waals surface area contributed by atoms with Gasteiger partial charge in [0, 0.05) is 38.3 Å². The Morgan fingerprint density at radius 2 is 2.00 bits per heavy atom. The van der Waals surface area contributed by atoms with Gasteiger partial charge < -0.3 is 10.4 Å². The third-order valence-corrected chi connectivity index (χ3v) is 3.90. The number of hydrogen-bond donors (Lipinski definition) is 2. The van der Waals surface area contributed by atoms with E-state index in [1.807, 2.05) is 0 Å². The van der Waals surface area contributed by atoms with E-state index >= 15 is 0 Å². The van der Waals surface area contributed by atoms with Crippen molar-refractivity contribution < 1.29 is 5.11 Å². The molecule has 3 heteroatoms. The van der Waals surface area contributed by atoms with Crippen LogP contribution in [-0.2, 0) is 0 Å². The Balaban J connectivity index is 1.90. The Hall–Kier alpha value is -0.120. The highest BCUT2D eigenvalue weighted by molar-refractivity contribution is 4.86. The molecular formula is C12H24N2O. The van der Waals surface area contributed by atoms with E-state index in [0.717, 1.165) is 25.6 Å². The molecule has 0 aromatic carbocycles. The molecule has 15 heavy (non-hydrogen) atoms. The van der Waals surface area contributed by atoms with Crippen LogP contribution < -0.4 is 5.32 Å². The smallest absolute Gasteiger partial charge is 0.0446 e. The van der Waals surface area contributed by atoms with Crippen molar-refractivity contribution in [3.05, 3.63) is 0 Å². The zero-order valence-electron chi connectivity index (χ0n) is 9.62. The molecule has 1 aliphatic heterocycles. The normalized spacial score (nSPS) is 30.6. The third kappa shape index (κ3) is 2.92. The summed E-state index contributed by atoms with van der Waals surface area (Å²) < 4.78 is 0. The summed E-state index contributed by atoms with van der Waals surface area (Å²) in [7, 11) is 0. The molecule has 0 aromatic heterocycles. The molecule has 0 bridgehead atoms. The van der Waals surface area contributed by atoms with Crippen LogP contribution in [0.3, 0.4) is 0 Å². The van der Waals surface area contributed by atoms with Gasteiger partial charge >= 0.3 is 0 Å². The van der Waals surface area contributed by atoms with Crippen molar-refractivity contribution in [1.29, 1.82) is 0 Å². The Kier molecular flexibility index (Phi) is 4.42. The van der Waals surface area contributed by atoms with Gasteiger partial charge in [0.15, 0.2) is 0 Å². The van der Waals surface area contributed by atoms with Crippen molar-refractivity contribution in [3.63, 3.8) is 0 Å². The summed E-state index contributed by atoms with van der Waals surface area (Å²) in [5.74, 6) is 0. The van der Waals surface area contributed by atoms with Crippen LogP contribution in [0.25, 0.3) is 0 Å². The monoisotopic (exact) mass is 212 g/mol. The van der Waals surface area contributed by atoms with Crippen LogP contribution in [-0.4, -0.2) is 48.3 Å². The van der Waals surface area contributed by atoms with E-state index in [9.17, 15) is 0 Å². The molecule has 3 nitrogen and oxygen atoms in total. The van der Waals surface area contributed by atoms with Crippen LogP contribution >= 0.6 is 0 Å². The summed E-state index contributed by atoms with van der Waals surface area (Å²) in [4.78, 5) is 2.66. The second kappa shape index (κ2) is 5.83. The lowest BCUT2D eigenvalue weighted by molar-refractivity contribution is 0.0669. The quantitative estimate of drug-likeness (QED) is 0.732. The molecule has 2 aliphatic rings. The minimum Gasteiger partial charge on any atom is -0.396 e. The fourth-order valence-corrected chi connectivity index (χ4v) is 3.09. The number of piperazine rings is 1. The molecule has 1 unspecified atom stereocenters. The van der Waals surface area contributed by atoms with Gasteiger partial charge in [0.25, 0.3) is 0 Å². The molecule has 2 N–H and O–H groups in total. The molecule has 1 saturated carbocycles. The van der Waals surface area contributed by atoms with Gasteiger partial charge in [0.2, 0.25) is 0 Å². The SMILES string of the molecule is OCCC1CNCCN1C1CCCCC1. The average Bonchev–Trinajstić information content (AvgIpc) is 2.31. The first-order valence-corrected chi connectivity index (χ1v) is 6.49. The zero-order valence-corrected chi connectivity index (χ0v) is 9.62. The zero-order chi connectivity index (χ0) is 10.5. The molecule has 0 aromatic rings. The molecule has 1 saturated heterocycles. The van der Waals surface area contributed by atoms with Crippen LogP contribution in [0.5, 0.6) is 0 Å². The standard InChI is InChI=1S/C12H24N2O/c15-9-6-12-10-13-7-8-14(12)11-4-2-1-3-5-11/h11-13,15H,1-10H2. The predicted molar refractivity (Wildman–Crippen MR) is 61.9 cm³/mol. The van der Waals surface area contributed by atoms with E-state index in [0.29, 0.717) is 12.6 Å². The fraction of sp³-hybridized carbons (Fsp3) is 1.00. The van der Waals surface area contributed by atoms with Gasteiger partial charge in [-0.25, -0.2) is 0 Å². The number of nitrogens with one attached hydrogen (secondary N) is 1. The third-order valence-electron chi connectivity index (χ3n) is 3.90. The second-order valence-corrected chi connectivity index (χ2v) is 4.90. The van der Waals surface area contributed by atoms with E-state index in [-0.39, 0.29) is 0 Å². The molecule has 1 aliphatic carbocycles. The van der Waals surface area contributed by atoms with Gasteiger partial charge in [-0.05, 0) is 19.3 Å². The lowest BCUT2D eigenvalue weighted by Crippen LogP contribution is -2.55. The van der Waals surface area contributed by atoms with Crippen LogP contribution in [0, 0.1) is 0 Å². The van der Waals surface area contributed by atoms with E-state index < -0.39 is 0 Å². The van der Waals surface area contributed by atoms with Crippen LogP contribution in [0.1, 0.15) is 38.5 Å². The molecule has 88 valence electrons. The topological polar surface area (TPSA) is 35.5 Å². The van der Waals surface area contributed by atoms with Gasteiger partial charge in [-0.3, -0.25) is 4.90 Å². The molecule has 2 rings (SSSR count). The van der Waals surface area contributed by atoms with Crippen molar-refractivity contribution in [2.24, 2.45) is 0 Å². The number of aliphatic hydroxyl groups is 1. The van der Waals surface area contributed by atoms with Crippen molar-refractivity contribution in [2.75, 3.05) is 26.2 Å². The Labute approximate surface area is 92.8 Å². The number of nitrogens with zero attached hydrogens (tertiary/aromatic N) is 1. The first kappa shape index (κ1) is 11.4. The fourth-order valence-electron chi connectivity index (χ4n) is 3.09. The van der Waals surface area contributed by atoms with Gasteiger partial charge in [-0.1, -0.05) is 19.3 Å². The Morgan fingerprint density at radius 1 is 1.20 bits per heavy atom. The highest BCUT2D eigenvalue weighted by atomic mass is 16.3. The van der Waals surface area contributed by atoms with Crippen LogP contribution in [0.15, 0.2) is 0 Å². The molecule has 1 atom stereocenters. The minimum absolute atomic E-state index is 0.329. The largest absolute Gasteiger partial charge is 0.396 e. The molecule has 2 fully saturated rings. The summed E-state index contributed by atoms with van der Waals surface area (Å²) in [6.07, 6.45) is 7.92. The van der Waals surface area contributed by atoms with E-state index in [4.69, 9.17) is 5.11 Å². The summed E-state index contributed by atoms with van der Waals surface area (Å²) in [6, 6.07) is 1.38. The Morgan fingerprint density at radius 3 is 2.73 bits per heavy atom. The van der Waals surface area contributed by atoms with Gasteiger partial charge in [0.05, 0.1) is 0 Å². The highest BCUT2D eigenvalue weighted by Gasteiger charge is 2.28. The molecular weight excluding hydrogens is 188 g/mol. The van der Waals surface area contributed by atoms with Crippen molar-refractivity contribution in [3.8, 4) is 0 Å². The highest BCUT2D eigenvalue weighted by Crippen LogP contribution is 2.25. The number of hydrogen-bond acceptors (Lipinski definition) is 3. The maximum Gasteiger partial charge on any atom is 0.0446 e. The molecule has 0 amide bonds. The maximum atomic E-state index is 9.08. The van der Waals surface area contributed by atoms with Crippen LogP contribution in [0.4, 0.5) is 0 Å². The molecule has 0 spiro atoms. The summed E-state index contributed by atoms with van der Waals surface area (Å²) in [5.41, 5.74) is 0. The van der Waals surface area contributed by atoms with Crippen molar-refractivity contribution in [1.82, 2.24) is 10.2 Å². The first-order valence-electron chi connectivity index (χ1n) is 6.49. The van der Waals surface area contributed by atoms with E-state index in [1.165, 1.54) is 38.6 Å². The molecule has 1 heterocycles. The lowest BCUT2D eigenvalue weighted by atomic mass is 9.92. The average molecular weight is 212 g/mol. The van der Waals surface area contributed by atoms with Gasteiger partial charge in [-0.15, -0.1) is 0 Å². The van der Waals surface area contributed by atoms with Crippen molar-refractivity contribution in [2.45, 2.75) is 50.6 Å². The number of aliphatic hydroxyl groups excluding tert-OH is 1. The lowest BCUT2D eigenvalue weighted by Gasteiger charge is -2.43. The molecule has 0 radical (unpaired) electrons. The van der Waals surface area contributed by atoms with Crippen LogP contribution in [0.2, 0.25) is 0 Å². The van der Waals surface area contributed by atoms with E-state index in [1.54, 1.807) is 0 Å². The summed E-state index contributed by atoms with van der Waals surface area (Å²) in [5, 5.41) is 12.5. The van der Waals surface area contributed by atoms with Gasteiger partial charge in [0.1, 0.15) is 0 Å². The Bertz CT molecular complexity index is 168. The van der Waals surface area contributed by atoms with E-state index in [2.05, 4.69) is 10.2 Å². The minimum atomic E-state index is 0.329. The van der Waals surface area contributed by atoms with Gasteiger partial charge in [-0.2, -0.15) is 0 Å². The summed E-state index contributed by atoms with van der Waals surface area (Å²) >= 11 is 0. The first-order chi connectivity index (χ1) is 7.42. The second-order valence-electron chi connectivity index (χ2n) is 4.90. The predicted octanol–water partition coefficient (Wildman–Crippen LogP) is 0.975. The number of rotatable bonds is 3. The maximum absolute atomic E-state index is 9.08. The summed E-state index contributed by atoms with van der Waals surface area (Å²) in [6.45, 7) is 3.69. The van der Waals surface area contributed by atoms with Crippen molar-refractivity contribution >= 4 is 0 Å².